The smallest absolute Gasteiger partial charge is 0.223 e. The highest BCUT2D eigenvalue weighted by atomic mass is 16.1. The minimum Gasteiger partial charge on any atom is -0.352 e. The molecule has 0 spiro atoms. The molecule has 3 aromatic carbocycles. The van der Waals surface area contributed by atoms with Gasteiger partial charge in [-0.15, -0.1) is 0 Å². The van der Waals surface area contributed by atoms with Gasteiger partial charge in [0, 0.05) is 25.6 Å². The number of hydrogen-bond acceptors (Lipinski definition) is 3. The average molecular weight is 470 g/mol. The van der Waals surface area contributed by atoms with E-state index in [0.29, 0.717) is 6.54 Å². The van der Waals surface area contributed by atoms with Gasteiger partial charge in [0.05, 0.1) is 0 Å². The number of amides is 1. The predicted octanol–water partition coefficient (Wildman–Crippen LogP) is 5.74. The summed E-state index contributed by atoms with van der Waals surface area (Å²) in [5, 5.41) is 5.87. The van der Waals surface area contributed by atoms with Crippen molar-refractivity contribution in [2.45, 2.75) is 58.2 Å². The zero-order valence-electron chi connectivity index (χ0n) is 20.9. The van der Waals surface area contributed by atoms with Crippen molar-refractivity contribution in [3.8, 4) is 0 Å². The summed E-state index contributed by atoms with van der Waals surface area (Å²) >= 11 is 0. The van der Waals surface area contributed by atoms with Crippen LogP contribution in [0.1, 0.15) is 55.2 Å². The lowest BCUT2D eigenvalue weighted by Gasteiger charge is -2.31. The number of nitrogens with one attached hydrogen (secondary N) is 1. The Labute approximate surface area is 210 Å². The first kappa shape index (κ1) is 24.0. The number of hydrogen-bond donors (Lipinski definition) is 1. The van der Waals surface area contributed by atoms with Gasteiger partial charge in [-0.25, -0.2) is 0 Å². The quantitative estimate of drug-likeness (QED) is 0.479. The van der Waals surface area contributed by atoms with Crippen LogP contribution in [0, 0.1) is 5.92 Å². The first-order valence-corrected chi connectivity index (χ1v) is 13.5. The van der Waals surface area contributed by atoms with E-state index in [1.54, 1.807) is 0 Å². The van der Waals surface area contributed by atoms with E-state index < -0.39 is 0 Å². The summed E-state index contributed by atoms with van der Waals surface area (Å²) in [5.74, 6) is 0.340. The third kappa shape index (κ3) is 6.50. The molecular weight excluding hydrogens is 430 g/mol. The van der Waals surface area contributed by atoms with Crippen molar-refractivity contribution >= 4 is 16.7 Å². The molecule has 0 atom stereocenters. The van der Waals surface area contributed by atoms with Gasteiger partial charge >= 0.3 is 0 Å². The summed E-state index contributed by atoms with van der Waals surface area (Å²) in [5.41, 5.74) is 3.95. The van der Waals surface area contributed by atoms with Gasteiger partial charge in [-0.05, 0) is 79.3 Å². The van der Waals surface area contributed by atoms with Crippen LogP contribution in [-0.4, -0.2) is 41.9 Å². The molecule has 0 bridgehead atoms. The van der Waals surface area contributed by atoms with Crippen molar-refractivity contribution in [1.82, 2.24) is 15.1 Å². The maximum absolute atomic E-state index is 12.9. The summed E-state index contributed by atoms with van der Waals surface area (Å²) in [6.45, 7) is 6.99. The van der Waals surface area contributed by atoms with Crippen LogP contribution in [0.4, 0.5) is 0 Å². The second-order valence-corrected chi connectivity index (χ2v) is 10.4. The Hall–Kier alpha value is -2.69. The molecule has 1 N–H and O–H groups in total. The highest BCUT2D eigenvalue weighted by molar-refractivity contribution is 5.85. The number of rotatable bonds is 7. The maximum Gasteiger partial charge on any atom is 0.223 e. The molecular formula is C31H39N3O. The Morgan fingerprint density at radius 2 is 1.43 bits per heavy atom. The lowest BCUT2D eigenvalue weighted by molar-refractivity contribution is -0.126. The van der Waals surface area contributed by atoms with Gasteiger partial charge in [-0.3, -0.25) is 14.6 Å². The highest BCUT2D eigenvalue weighted by Crippen LogP contribution is 2.24. The topological polar surface area (TPSA) is 35.6 Å². The van der Waals surface area contributed by atoms with Gasteiger partial charge in [0.15, 0.2) is 0 Å². The van der Waals surface area contributed by atoms with Crippen LogP contribution in [0.15, 0.2) is 66.7 Å². The van der Waals surface area contributed by atoms with E-state index in [-0.39, 0.29) is 11.8 Å². The van der Waals surface area contributed by atoms with Crippen LogP contribution in [0.3, 0.4) is 0 Å². The number of piperidine rings is 1. The lowest BCUT2D eigenvalue weighted by atomic mass is 9.95. The number of fused-ring (bicyclic) bond motifs is 1. The molecule has 5 rings (SSSR count). The third-order valence-corrected chi connectivity index (χ3v) is 7.80. The molecule has 3 aromatic rings. The molecule has 4 nitrogen and oxygen atoms in total. The second kappa shape index (κ2) is 11.8. The number of carbonyl (C=O) groups is 1. The fraction of sp³-hybridized carbons (Fsp3) is 0.452. The molecule has 4 heteroatoms. The van der Waals surface area contributed by atoms with Gasteiger partial charge in [0.1, 0.15) is 0 Å². The van der Waals surface area contributed by atoms with Crippen molar-refractivity contribution in [1.29, 1.82) is 0 Å². The monoisotopic (exact) mass is 469 g/mol. The Morgan fingerprint density at radius 3 is 2.26 bits per heavy atom. The largest absolute Gasteiger partial charge is 0.352 e. The van der Waals surface area contributed by atoms with Gasteiger partial charge in [-0.2, -0.15) is 0 Å². The Kier molecular flexibility index (Phi) is 8.12. The standard InChI is InChI=1S/C31H39N3O/c35-31(32-22-25-9-7-10-26(21-25)23-33-17-5-1-2-6-18-33)28-15-19-34(20-16-28)24-29-13-8-12-27-11-3-4-14-30(27)29/h3-4,7-14,21,28H,1-2,5-6,15-20,22-24H2,(H,32,35). The first-order chi connectivity index (χ1) is 17.2. The molecule has 2 heterocycles. The number of benzene rings is 3. The molecule has 0 unspecified atom stereocenters. The van der Waals surface area contributed by atoms with Crippen LogP contribution >= 0.6 is 0 Å². The van der Waals surface area contributed by atoms with Gasteiger partial charge < -0.3 is 5.32 Å². The summed E-state index contributed by atoms with van der Waals surface area (Å²) in [6, 6.07) is 24.0. The molecule has 1 amide bonds. The van der Waals surface area contributed by atoms with E-state index in [1.807, 2.05) is 0 Å². The van der Waals surface area contributed by atoms with Crippen molar-refractivity contribution in [2.75, 3.05) is 26.2 Å². The molecule has 0 saturated carbocycles. The SMILES string of the molecule is O=C(NCc1cccc(CN2CCCCCC2)c1)C1CCN(Cc2cccc3ccccc23)CC1. The minimum absolute atomic E-state index is 0.124. The molecule has 0 aliphatic carbocycles. The van der Waals surface area contributed by atoms with Crippen molar-refractivity contribution < 1.29 is 4.79 Å². The van der Waals surface area contributed by atoms with E-state index in [4.69, 9.17) is 0 Å². The van der Waals surface area contributed by atoms with E-state index in [9.17, 15) is 4.79 Å². The van der Waals surface area contributed by atoms with Gasteiger partial charge in [0.25, 0.3) is 0 Å². The maximum atomic E-state index is 12.9. The van der Waals surface area contributed by atoms with E-state index in [1.165, 1.54) is 66.2 Å². The molecule has 2 aliphatic heterocycles. The molecule has 35 heavy (non-hydrogen) atoms. The van der Waals surface area contributed by atoms with Gasteiger partial charge in [-0.1, -0.05) is 79.6 Å². The van der Waals surface area contributed by atoms with E-state index >= 15 is 0 Å². The summed E-state index contributed by atoms with van der Waals surface area (Å²) in [4.78, 5) is 18.0. The van der Waals surface area contributed by atoms with E-state index in [0.717, 1.165) is 39.0 Å². The molecule has 2 aliphatic rings. The van der Waals surface area contributed by atoms with Crippen molar-refractivity contribution in [3.63, 3.8) is 0 Å². The predicted molar refractivity (Wildman–Crippen MR) is 144 cm³/mol. The summed E-state index contributed by atoms with van der Waals surface area (Å²) < 4.78 is 0. The average Bonchev–Trinajstić information content (AvgIpc) is 3.17. The van der Waals surface area contributed by atoms with Crippen LogP contribution in [-0.2, 0) is 24.4 Å². The van der Waals surface area contributed by atoms with Crippen molar-refractivity contribution in [2.24, 2.45) is 5.92 Å². The summed E-state index contributed by atoms with van der Waals surface area (Å²) in [6.07, 6.45) is 7.24. The fourth-order valence-corrected chi connectivity index (χ4v) is 5.75. The summed E-state index contributed by atoms with van der Waals surface area (Å²) in [7, 11) is 0. The molecule has 0 aromatic heterocycles. The second-order valence-electron chi connectivity index (χ2n) is 10.4. The van der Waals surface area contributed by atoms with Crippen LogP contribution < -0.4 is 5.32 Å². The number of nitrogens with zero attached hydrogens (tertiary/aromatic N) is 2. The molecule has 2 fully saturated rings. The third-order valence-electron chi connectivity index (χ3n) is 7.80. The fourth-order valence-electron chi connectivity index (χ4n) is 5.75. The van der Waals surface area contributed by atoms with Crippen LogP contribution in [0.25, 0.3) is 10.8 Å². The van der Waals surface area contributed by atoms with Crippen molar-refractivity contribution in [3.05, 3.63) is 83.4 Å². The zero-order valence-corrected chi connectivity index (χ0v) is 20.9. The normalized spacial score (nSPS) is 18.4. The minimum atomic E-state index is 0.124. The highest BCUT2D eigenvalue weighted by Gasteiger charge is 2.25. The Balaban J connectivity index is 1.09. The lowest BCUT2D eigenvalue weighted by Crippen LogP contribution is -2.40. The first-order valence-electron chi connectivity index (χ1n) is 13.5. The van der Waals surface area contributed by atoms with Crippen LogP contribution in [0.5, 0.6) is 0 Å². The Bertz CT molecular complexity index is 1110. The number of carbonyl (C=O) groups excluding carboxylic acids is 1. The molecule has 0 radical (unpaired) electrons. The Morgan fingerprint density at radius 1 is 0.743 bits per heavy atom. The number of likely N-dealkylation sites (tertiary alicyclic amines) is 2. The molecule has 184 valence electrons. The van der Waals surface area contributed by atoms with Gasteiger partial charge in [0.2, 0.25) is 5.91 Å². The molecule has 2 saturated heterocycles. The zero-order chi connectivity index (χ0) is 23.9. The van der Waals surface area contributed by atoms with E-state index in [2.05, 4.69) is 81.8 Å². The van der Waals surface area contributed by atoms with Crippen LogP contribution in [0.2, 0.25) is 0 Å².